The number of benzene rings is 1. The largest absolute Gasteiger partial charge is 0.497 e. The molecule has 0 aliphatic carbocycles. The lowest BCUT2D eigenvalue weighted by Gasteiger charge is -2.30. The lowest BCUT2D eigenvalue weighted by atomic mass is 10.1. The van der Waals surface area contributed by atoms with Gasteiger partial charge in [-0.05, 0) is 12.1 Å². The molecule has 6 nitrogen and oxygen atoms in total. The fourth-order valence-corrected chi connectivity index (χ4v) is 2.16. The summed E-state index contributed by atoms with van der Waals surface area (Å²) >= 11 is 0. The van der Waals surface area contributed by atoms with Gasteiger partial charge in [0.2, 0.25) is 5.72 Å². The van der Waals surface area contributed by atoms with Gasteiger partial charge in [-0.3, -0.25) is 4.79 Å². The van der Waals surface area contributed by atoms with E-state index in [1.165, 1.54) is 32.4 Å². The van der Waals surface area contributed by atoms with Gasteiger partial charge in [-0.1, -0.05) is 0 Å². The summed E-state index contributed by atoms with van der Waals surface area (Å²) in [4.78, 5) is 12.4. The number of nitrogens with zero attached hydrogens (tertiary/aromatic N) is 2. The molecular formula is C14H14F4N2O4. The van der Waals surface area contributed by atoms with Crippen LogP contribution in [0, 0.1) is 0 Å². The molecular weight excluding hydrogens is 336 g/mol. The molecule has 10 heteroatoms. The number of alkyl halides is 4. The third kappa shape index (κ3) is 3.14. The standard InChI is InChI=1S/C14H14F4N2O4/c1-23-8-3-7(4-9(5-8)24-2)12(21)20-14(22,13(17)18)6-10(19-20)11(15)16/h3-5,11,13,22H,6H2,1-2H3/t14-/m0/s1. The van der Waals surface area contributed by atoms with Crippen molar-refractivity contribution in [2.45, 2.75) is 25.0 Å². The van der Waals surface area contributed by atoms with Crippen molar-refractivity contribution < 1.29 is 36.9 Å². The van der Waals surface area contributed by atoms with Crippen LogP contribution in [0.5, 0.6) is 11.5 Å². The van der Waals surface area contributed by atoms with Gasteiger partial charge in [0.1, 0.15) is 17.2 Å². The van der Waals surface area contributed by atoms with Crippen molar-refractivity contribution in [3.63, 3.8) is 0 Å². The van der Waals surface area contributed by atoms with E-state index in [0.717, 1.165) is 0 Å². The Morgan fingerprint density at radius 3 is 2.17 bits per heavy atom. The van der Waals surface area contributed by atoms with Crippen LogP contribution in [-0.2, 0) is 0 Å². The molecule has 1 amide bonds. The number of hydrogen-bond acceptors (Lipinski definition) is 5. The zero-order chi connectivity index (χ0) is 18.1. The monoisotopic (exact) mass is 350 g/mol. The molecule has 1 aliphatic heterocycles. The van der Waals surface area contributed by atoms with Gasteiger partial charge < -0.3 is 14.6 Å². The molecule has 0 aromatic heterocycles. The predicted molar refractivity (Wildman–Crippen MR) is 74.7 cm³/mol. The Labute approximate surface area is 134 Å². The third-order valence-electron chi connectivity index (χ3n) is 3.43. The number of halogens is 4. The smallest absolute Gasteiger partial charge is 0.287 e. The van der Waals surface area contributed by atoms with Crippen LogP contribution in [0.4, 0.5) is 17.6 Å². The summed E-state index contributed by atoms with van der Waals surface area (Å²) in [5.74, 6) is -0.836. The fraction of sp³-hybridized carbons (Fsp3) is 0.429. The highest BCUT2D eigenvalue weighted by molar-refractivity contribution is 5.99. The second kappa shape index (κ2) is 6.63. The second-order valence-corrected chi connectivity index (χ2v) is 4.97. The molecule has 1 aliphatic rings. The maximum atomic E-state index is 13.2. The average Bonchev–Trinajstić information content (AvgIpc) is 2.93. The molecule has 0 saturated heterocycles. The minimum Gasteiger partial charge on any atom is -0.497 e. The molecule has 132 valence electrons. The molecule has 1 aromatic rings. The maximum Gasteiger partial charge on any atom is 0.287 e. The number of hydrogen-bond donors (Lipinski definition) is 1. The first kappa shape index (κ1) is 18.0. The molecule has 0 bridgehead atoms. The van der Waals surface area contributed by atoms with E-state index in [9.17, 15) is 27.5 Å². The summed E-state index contributed by atoms with van der Waals surface area (Å²) < 4.78 is 61.8. The van der Waals surface area contributed by atoms with E-state index >= 15 is 0 Å². The molecule has 0 unspecified atom stereocenters. The van der Waals surface area contributed by atoms with Crippen LogP contribution in [-0.4, -0.2) is 54.5 Å². The summed E-state index contributed by atoms with van der Waals surface area (Å²) in [6, 6.07) is 3.80. The SMILES string of the molecule is COc1cc(OC)cc(C(=O)N2N=C(C(F)F)C[C@]2(O)C(F)F)c1. The summed E-state index contributed by atoms with van der Waals surface area (Å²) in [6.45, 7) is 0. The molecule has 0 spiro atoms. The number of methoxy groups -OCH3 is 2. The van der Waals surface area contributed by atoms with E-state index in [-0.39, 0.29) is 22.1 Å². The Morgan fingerprint density at radius 1 is 1.21 bits per heavy atom. The highest BCUT2D eigenvalue weighted by Crippen LogP contribution is 2.35. The molecule has 1 atom stereocenters. The highest BCUT2D eigenvalue weighted by atomic mass is 19.3. The number of ether oxygens (including phenoxy) is 2. The topological polar surface area (TPSA) is 71.4 Å². The van der Waals surface area contributed by atoms with Crippen LogP contribution in [0.25, 0.3) is 0 Å². The maximum absolute atomic E-state index is 13.2. The van der Waals surface area contributed by atoms with Crippen molar-refractivity contribution in [1.82, 2.24) is 5.01 Å². The van der Waals surface area contributed by atoms with E-state index in [1.54, 1.807) is 0 Å². The van der Waals surface area contributed by atoms with Gasteiger partial charge in [0.05, 0.1) is 14.2 Å². The molecule has 0 radical (unpaired) electrons. The molecule has 1 N–H and O–H groups in total. The van der Waals surface area contributed by atoms with Crippen LogP contribution in [0.2, 0.25) is 0 Å². The Morgan fingerprint density at radius 2 is 1.75 bits per heavy atom. The van der Waals surface area contributed by atoms with Gasteiger partial charge in [-0.15, -0.1) is 0 Å². The number of carbonyl (C=O) groups excluding carboxylic acids is 1. The van der Waals surface area contributed by atoms with Gasteiger partial charge >= 0.3 is 0 Å². The van der Waals surface area contributed by atoms with Gasteiger partial charge in [0.25, 0.3) is 18.8 Å². The first-order valence-electron chi connectivity index (χ1n) is 6.66. The summed E-state index contributed by atoms with van der Waals surface area (Å²) in [6.07, 6.45) is -7.81. The van der Waals surface area contributed by atoms with Crippen molar-refractivity contribution in [2.24, 2.45) is 5.10 Å². The van der Waals surface area contributed by atoms with Gasteiger partial charge in [0, 0.05) is 18.1 Å². The van der Waals surface area contributed by atoms with Crippen LogP contribution in [0.15, 0.2) is 23.3 Å². The lowest BCUT2D eigenvalue weighted by Crippen LogP contribution is -2.51. The lowest BCUT2D eigenvalue weighted by molar-refractivity contribution is -0.164. The zero-order valence-corrected chi connectivity index (χ0v) is 12.7. The number of aliphatic hydroxyl groups is 1. The highest BCUT2D eigenvalue weighted by Gasteiger charge is 2.53. The minimum atomic E-state index is -3.49. The first-order chi connectivity index (χ1) is 11.2. The van der Waals surface area contributed by atoms with Crippen molar-refractivity contribution in [3.8, 4) is 11.5 Å². The molecule has 0 fully saturated rings. The Balaban J connectivity index is 2.46. The van der Waals surface area contributed by atoms with Crippen molar-refractivity contribution in [1.29, 1.82) is 0 Å². The molecule has 1 heterocycles. The minimum absolute atomic E-state index is 0.0205. The van der Waals surface area contributed by atoms with Crippen molar-refractivity contribution in [3.05, 3.63) is 23.8 Å². The van der Waals surface area contributed by atoms with Crippen LogP contribution in [0.3, 0.4) is 0 Å². The Hall–Kier alpha value is -2.36. The van der Waals surface area contributed by atoms with E-state index < -0.39 is 36.6 Å². The normalized spacial score (nSPS) is 20.5. The van der Waals surface area contributed by atoms with E-state index in [4.69, 9.17) is 9.47 Å². The number of amides is 1. The fourth-order valence-electron chi connectivity index (χ4n) is 2.16. The summed E-state index contributed by atoms with van der Waals surface area (Å²) in [7, 11) is 2.61. The van der Waals surface area contributed by atoms with E-state index in [0.29, 0.717) is 0 Å². The first-order valence-corrected chi connectivity index (χ1v) is 6.66. The number of rotatable bonds is 5. The zero-order valence-electron chi connectivity index (χ0n) is 12.7. The summed E-state index contributed by atoms with van der Waals surface area (Å²) in [5, 5.41) is 13.1. The average molecular weight is 350 g/mol. The number of carbonyl (C=O) groups is 1. The summed E-state index contributed by atoms with van der Waals surface area (Å²) in [5.41, 5.74) is -4.36. The van der Waals surface area contributed by atoms with Gasteiger partial charge in [-0.25, -0.2) is 17.6 Å². The number of hydrazone groups is 1. The Bertz CT molecular complexity index is 646. The second-order valence-electron chi connectivity index (χ2n) is 4.97. The van der Waals surface area contributed by atoms with E-state index in [2.05, 4.69) is 5.10 Å². The van der Waals surface area contributed by atoms with Crippen LogP contribution >= 0.6 is 0 Å². The van der Waals surface area contributed by atoms with Crippen molar-refractivity contribution >= 4 is 11.6 Å². The molecule has 1 aromatic carbocycles. The predicted octanol–water partition coefficient (Wildman–Crippen LogP) is 2.12. The Kier molecular flexibility index (Phi) is 4.97. The molecule has 24 heavy (non-hydrogen) atoms. The van der Waals surface area contributed by atoms with Crippen molar-refractivity contribution in [2.75, 3.05) is 14.2 Å². The van der Waals surface area contributed by atoms with E-state index in [1.807, 2.05) is 0 Å². The quantitative estimate of drug-likeness (QED) is 0.826. The van der Waals surface area contributed by atoms with Gasteiger partial charge in [0.15, 0.2) is 0 Å². The van der Waals surface area contributed by atoms with Crippen LogP contribution in [0.1, 0.15) is 16.8 Å². The van der Waals surface area contributed by atoms with Crippen LogP contribution < -0.4 is 9.47 Å². The third-order valence-corrected chi connectivity index (χ3v) is 3.43. The molecule has 0 saturated carbocycles. The van der Waals surface area contributed by atoms with Gasteiger partial charge in [-0.2, -0.15) is 10.1 Å². The molecule has 2 rings (SSSR count).